The van der Waals surface area contributed by atoms with Crippen LogP contribution in [-0.4, -0.2) is 18.1 Å². The number of rotatable bonds is 4. The molecule has 2 aromatic carbocycles. The molecule has 2 unspecified atom stereocenters. The molecule has 3 rings (SSSR count). The molecule has 1 fully saturated rings. The van der Waals surface area contributed by atoms with E-state index in [2.05, 4.69) is 27.0 Å². The van der Waals surface area contributed by atoms with E-state index in [4.69, 9.17) is 0 Å². The van der Waals surface area contributed by atoms with E-state index in [0.717, 1.165) is 16.8 Å². The van der Waals surface area contributed by atoms with Gasteiger partial charge in [-0.3, -0.25) is 4.79 Å². The average Bonchev–Trinajstić information content (AvgIpc) is 3.00. The molecule has 1 heterocycles. The summed E-state index contributed by atoms with van der Waals surface area (Å²) in [7, 11) is 0. The van der Waals surface area contributed by atoms with Crippen molar-refractivity contribution in [1.29, 1.82) is 0 Å². The van der Waals surface area contributed by atoms with Crippen LogP contribution in [0.5, 0.6) is 0 Å². The highest BCUT2D eigenvalue weighted by Crippen LogP contribution is 2.19. The van der Waals surface area contributed by atoms with Crippen LogP contribution >= 0.6 is 0 Å². The van der Waals surface area contributed by atoms with Gasteiger partial charge in [-0.2, -0.15) is 5.53 Å². The fraction of sp³-hybridized carbons (Fsp3) is 0.235. The van der Waals surface area contributed by atoms with Crippen molar-refractivity contribution in [2.45, 2.75) is 26.1 Å². The lowest BCUT2D eigenvalue weighted by atomic mass is 10.1. The molecule has 0 bridgehead atoms. The summed E-state index contributed by atoms with van der Waals surface area (Å²) < 4.78 is 13.3. The van der Waals surface area contributed by atoms with Gasteiger partial charge in [0.05, 0.1) is 0 Å². The Balaban J connectivity index is 1.70. The highest BCUT2D eigenvalue weighted by atomic mass is 19.1. The van der Waals surface area contributed by atoms with E-state index in [0.29, 0.717) is 5.69 Å². The zero-order valence-electron chi connectivity index (χ0n) is 13.5. The molecule has 1 amide bonds. The van der Waals surface area contributed by atoms with E-state index in [1.54, 1.807) is 12.1 Å². The van der Waals surface area contributed by atoms with Crippen LogP contribution < -0.4 is 27.0 Å². The number of halogens is 1. The zero-order chi connectivity index (χ0) is 17.1. The van der Waals surface area contributed by atoms with Gasteiger partial charge in [0.25, 0.3) is 0 Å². The summed E-state index contributed by atoms with van der Waals surface area (Å²) in [4.78, 5) is 12.6. The van der Waals surface area contributed by atoms with Crippen molar-refractivity contribution in [3.63, 3.8) is 0 Å². The molecule has 1 saturated heterocycles. The molecular formula is C17H20FN5O. The van der Waals surface area contributed by atoms with Gasteiger partial charge in [0.1, 0.15) is 18.0 Å². The molecule has 0 radical (unpaired) electrons. The van der Waals surface area contributed by atoms with Crippen molar-refractivity contribution in [2.75, 3.05) is 10.6 Å². The first-order valence-electron chi connectivity index (χ1n) is 7.70. The maximum atomic E-state index is 13.3. The third kappa shape index (κ3) is 3.53. The van der Waals surface area contributed by atoms with E-state index >= 15 is 0 Å². The van der Waals surface area contributed by atoms with Gasteiger partial charge < -0.3 is 10.6 Å². The Morgan fingerprint density at radius 2 is 1.92 bits per heavy atom. The van der Waals surface area contributed by atoms with Crippen LogP contribution in [0.15, 0.2) is 42.5 Å². The van der Waals surface area contributed by atoms with Crippen molar-refractivity contribution >= 4 is 17.3 Å². The summed E-state index contributed by atoms with van der Waals surface area (Å²) in [6.07, 6.45) is -0.433. The molecular weight excluding hydrogens is 309 g/mol. The number of hydrogen-bond acceptors (Lipinski definition) is 5. The molecule has 6 nitrogen and oxygen atoms in total. The SMILES string of the molecule is Cc1cccc(NC(=O)C2NNNC2Nc2cccc(F)c2)c1C. The number of benzene rings is 2. The fourth-order valence-electron chi connectivity index (χ4n) is 2.55. The van der Waals surface area contributed by atoms with Crippen molar-refractivity contribution in [3.05, 3.63) is 59.4 Å². The Bertz CT molecular complexity index is 752. The highest BCUT2D eigenvalue weighted by molar-refractivity contribution is 5.96. The van der Waals surface area contributed by atoms with Crippen molar-refractivity contribution < 1.29 is 9.18 Å². The number of carbonyl (C=O) groups excluding carboxylic acids is 1. The highest BCUT2D eigenvalue weighted by Gasteiger charge is 2.33. The molecule has 2 aromatic rings. The van der Waals surface area contributed by atoms with Gasteiger partial charge >= 0.3 is 0 Å². The van der Waals surface area contributed by atoms with Crippen LogP contribution in [-0.2, 0) is 4.79 Å². The van der Waals surface area contributed by atoms with Gasteiger partial charge in [0, 0.05) is 11.4 Å². The van der Waals surface area contributed by atoms with Crippen LogP contribution in [0.4, 0.5) is 15.8 Å². The van der Waals surface area contributed by atoms with Crippen LogP contribution in [0.25, 0.3) is 0 Å². The smallest absolute Gasteiger partial charge is 0.246 e. The minimum Gasteiger partial charge on any atom is -0.367 e. The summed E-state index contributed by atoms with van der Waals surface area (Å²) in [5.74, 6) is -0.537. The van der Waals surface area contributed by atoms with E-state index in [9.17, 15) is 9.18 Å². The van der Waals surface area contributed by atoms with Gasteiger partial charge in [-0.15, -0.1) is 0 Å². The lowest BCUT2D eigenvalue weighted by molar-refractivity contribution is -0.118. The maximum Gasteiger partial charge on any atom is 0.246 e. The van der Waals surface area contributed by atoms with Gasteiger partial charge in [-0.1, -0.05) is 18.2 Å². The van der Waals surface area contributed by atoms with Crippen LogP contribution in [0, 0.1) is 19.7 Å². The Morgan fingerprint density at radius 3 is 2.71 bits per heavy atom. The second kappa shape index (κ2) is 6.96. The number of nitrogens with one attached hydrogen (secondary N) is 5. The van der Waals surface area contributed by atoms with Gasteiger partial charge in [-0.25, -0.2) is 15.2 Å². The number of anilines is 2. The first-order chi connectivity index (χ1) is 11.5. The third-order valence-corrected chi connectivity index (χ3v) is 4.08. The lowest BCUT2D eigenvalue weighted by Gasteiger charge is -2.20. The van der Waals surface area contributed by atoms with E-state index < -0.39 is 12.2 Å². The summed E-state index contributed by atoms with van der Waals surface area (Å²) in [6, 6.07) is 11.3. The second-order valence-electron chi connectivity index (χ2n) is 5.76. The minimum absolute atomic E-state index is 0.199. The molecule has 0 aromatic heterocycles. The lowest BCUT2D eigenvalue weighted by Crippen LogP contribution is -2.48. The molecule has 0 saturated carbocycles. The van der Waals surface area contributed by atoms with E-state index in [1.165, 1.54) is 12.1 Å². The summed E-state index contributed by atoms with van der Waals surface area (Å²) in [5.41, 5.74) is 12.0. The second-order valence-corrected chi connectivity index (χ2v) is 5.76. The van der Waals surface area contributed by atoms with Crippen molar-refractivity contribution in [1.82, 2.24) is 16.4 Å². The Kier molecular flexibility index (Phi) is 4.75. The molecule has 1 aliphatic rings. The minimum atomic E-state index is -0.576. The number of hydrogen-bond donors (Lipinski definition) is 5. The first kappa shape index (κ1) is 16.4. The normalized spacial score (nSPS) is 20.0. The predicted molar refractivity (Wildman–Crippen MR) is 91.6 cm³/mol. The van der Waals surface area contributed by atoms with Crippen LogP contribution in [0.1, 0.15) is 11.1 Å². The van der Waals surface area contributed by atoms with Crippen LogP contribution in [0.3, 0.4) is 0 Å². The van der Waals surface area contributed by atoms with Gasteiger partial charge in [0.15, 0.2) is 0 Å². The monoisotopic (exact) mass is 329 g/mol. The molecule has 1 aliphatic heterocycles. The summed E-state index contributed by atoms with van der Waals surface area (Å²) in [5, 5.41) is 6.01. The fourth-order valence-corrected chi connectivity index (χ4v) is 2.55. The summed E-state index contributed by atoms with van der Waals surface area (Å²) >= 11 is 0. The van der Waals surface area contributed by atoms with Gasteiger partial charge in [0.2, 0.25) is 5.91 Å². The predicted octanol–water partition coefficient (Wildman–Crippen LogP) is 1.80. The van der Waals surface area contributed by atoms with Crippen molar-refractivity contribution in [2.24, 2.45) is 0 Å². The maximum absolute atomic E-state index is 13.3. The topological polar surface area (TPSA) is 77.2 Å². The molecule has 24 heavy (non-hydrogen) atoms. The molecule has 5 N–H and O–H groups in total. The van der Waals surface area contributed by atoms with E-state index in [1.807, 2.05) is 32.0 Å². The molecule has 0 aliphatic carbocycles. The van der Waals surface area contributed by atoms with E-state index in [-0.39, 0.29) is 11.7 Å². The Morgan fingerprint density at radius 1 is 1.12 bits per heavy atom. The molecule has 7 heteroatoms. The average molecular weight is 329 g/mol. The molecule has 0 spiro atoms. The van der Waals surface area contributed by atoms with Crippen LogP contribution in [0.2, 0.25) is 0 Å². The third-order valence-electron chi connectivity index (χ3n) is 4.08. The number of carbonyl (C=O) groups is 1. The number of amides is 1. The zero-order valence-corrected chi connectivity index (χ0v) is 13.5. The molecule has 126 valence electrons. The van der Waals surface area contributed by atoms with Gasteiger partial charge in [-0.05, 0) is 49.2 Å². The first-order valence-corrected chi connectivity index (χ1v) is 7.70. The quantitative estimate of drug-likeness (QED) is 0.591. The Labute approximate surface area is 139 Å². The van der Waals surface area contributed by atoms with Crippen molar-refractivity contribution in [3.8, 4) is 0 Å². The standard InChI is InChI=1S/C17H20FN5O/c1-10-5-3-8-14(11(10)2)20-17(24)15-16(22-23-21-15)19-13-7-4-6-12(18)9-13/h3-9,15-16,19,21-23H,1-2H3,(H,20,24). The largest absolute Gasteiger partial charge is 0.367 e. The number of aryl methyl sites for hydroxylation is 1. The number of hydrazine groups is 2. The molecule has 2 atom stereocenters. The Hall–Kier alpha value is -2.48. The summed E-state index contributed by atoms with van der Waals surface area (Å²) in [6.45, 7) is 3.96.